The Balaban J connectivity index is 2.38. The van der Waals surface area contributed by atoms with Gasteiger partial charge in [-0.15, -0.1) is 0 Å². The fraction of sp³-hybridized carbons (Fsp3) is 0.900. The molecule has 1 heterocycles. The van der Waals surface area contributed by atoms with Crippen LogP contribution in [-0.4, -0.2) is 48.2 Å². The molecule has 0 radical (unpaired) electrons. The molecule has 1 saturated heterocycles. The summed E-state index contributed by atoms with van der Waals surface area (Å²) in [6.45, 7) is 3.04. The molecule has 14 heavy (non-hydrogen) atoms. The number of aliphatic hydroxyl groups is 1. The summed E-state index contributed by atoms with van der Waals surface area (Å²) in [5, 5.41) is 12.4. The summed E-state index contributed by atoms with van der Waals surface area (Å²) in [4.78, 5) is 13.4. The Morgan fingerprint density at radius 3 is 2.86 bits per heavy atom. The molecule has 1 aliphatic heterocycles. The van der Waals surface area contributed by atoms with Crippen molar-refractivity contribution in [3.05, 3.63) is 0 Å². The second kappa shape index (κ2) is 5.32. The van der Waals surface area contributed by atoms with Gasteiger partial charge in [0.1, 0.15) is 0 Å². The van der Waals surface area contributed by atoms with Crippen molar-refractivity contribution in [2.24, 2.45) is 0 Å². The van der Waals surface area contributed by atoms with Crippen LogP contribution >= 0.6 is 0 Å². The Morgan fingerprint density at radius 1 is 1.64 bits per heavy atom. The summed E-state index contributed by atoms with van der Waals surface area (Å²) < 4.78 is 0. The minimum absolute atomic E-state index is 0.0347. The molecule has 4 nitrogen and oxygen atoms in total. The molecule has 0 saturated carbocycles. The van der Waals surface area contributed by atoms with Gasteiger partial charge in [0.25, 0.3) is 0 Å². The van der Waals surface area contributed by atoms with Crippen LogP contribution in [0.5, 0.6) is 0 Å². The van der Waals surface area contributed by atoms with Crippen molar-refractivity contribution in [1.82, 2.24) is 10.2 Å². The van der Waals surface area contributed by atoms with E-state index in [1.54, 1.807) is 18.9 Å². The van der Waals surface area contributed by atoms with Crippen molar-refractivity contribution in [3.63, 3.8) is 0 Å². The van der Waals surface area contributed by atoms with E-state index < -0.39 is 6.10 Å². The molecule has 2 N–H and O–H groups in total. The lowest BCUT2D eigenvalue weighted by Crippen LogP contribution is -2.48. The maximum Gasteiger partial charge on any atom is 0.239 e. The molecular formula is C10H20N2O2. The first-order chi connectivity index (χ1) is 6.61. The van der Waals surface area contributed by atoms with Crippen molar-refractivity contribution >= 4 is 5.91 Å². The average Bonchev–Trinajstić information content (AvgIpc) is 2.17. The van der Waals surface area contributed by atoms with Crippen LogP contribution in [0.3, 0.4) is 0 Å². The fourth-order valence-electron chi connectivity index (χ4n) is 1.81. The van der Waals surface area contributed by atoms with Crippen molar-refractivity contribution in [3.8, 4) is 0 Å². The normalized spacial score (nSPS) is 24.4. The van der Waals surface area contributed by atoms with Crippen LogP contribution in [0.2, 0.25) is 0 Å². The fourth-order valence-corrected chi connectivity index (χ4v) is 1.81. The molecule has 2 atom stereocenters. The van der Waals surface area contributed by atoms with E-state index in [0.717, 1.165) is 25.8 Å². The highest BCUT2D eigenvalue weighted by molar-refractivity contribution is 5.81. The van der Waals surface area contributed by atoms with Crippen LogP contribution in [0.1, 0.15) is 26.2 Å². The number of nitrogens with zero attached hydrogens (tertiary/aromatic N) is 1. The molecule has 1 aliphatic rings. The zero-order valence-corrected chi connectivity index (χ0v) is 8.99. The maximum atomic E-state index is 11.8. The van der Waals surface area contributed by atoms with Crippen LogP contribution in [0.4, 0.5) is 0 Å². The van der Waals surface area contributed by atoms with E-state index in [0.29, 0.717) is 6.54 Å². The number of hydrogen-bond donors (Lipinski definition) is 2. The van der Waals surface area contributed by atoms with E-state index in [2.05, 4.69) is 5.32 Å². The molecule has 0 aromatic carbocycles. The Hall–Kier alpha value is -0.610. The molecule has 1 amide bonds. The maximum absolute atomic E-state index is 11.8. The highest BCUT2D eigenvalue weighted by atomic mass is 16.3. The first-order valence-corrected chi connectivity index (χ1v) is 5.27. The standard InChI is InChI=1S/C10H20N2O2/c1-8(13)7-12(2)10(14)9-5-3-4-6-11-9/h8-9,11,13H,3-7H2,1-2H3/t8?,9-/m1/s1. The minimum atomic E-state index is -0.451. The highest BCUT2D eigenvalue weighted by Gasteiger charge is 2.23. The third kappa shape index (κ3) is 3.27. The van der Waals surface area contributed by atoms with Crippen LogP contribution in [-0.2, 0) is 4.79 Å². The van der Waals surface area contributed by atoms with E-state index in [1.165, 1.54) is 0 Å². The third-order valence-electron chi connectivity index (χ3n) is 2.52. The summed E-state index contributed by atoms with van der Waals surface area (Å²) in [6, 6.07) is -0.0347. The summed E-state index contributed by atoms with van der Waals surface area (Å²) in [6.07, 6.45) is 2.74. The first kappa shape index (κ1) is 11.5. The molecule has 0 aliphatic carbocycles. The summed E-state index contributed by atoms with van der Waals surface area (Å²) in [5.74, 6) is 0.102. The molecule has 1 unspecified atom stereocenters. The lowest BCUT2D eigenvalue weighted by Gasteiger charge is -2.28. The number of rotatable bonds is 3. The van der Waals surface area contributed by atoms with E-state index in [1.807, 2.05) is 0 Å². The topological polar surface area (TPSA) is 52.6 Å². The minimum Gasteiger partial charge on any atom is -0.392 e. The van der Waals surface area contributed by atoms with Crippen LogP contribution < -0.4 is 5.32 Å². The second-order valence-electron chi connectivity index (χ2n) is 4.07. The molecule has 0 aromatic rings. The van der Waals surface area contributed by atoms with Gasteiger partial charge in [0.15, 0.2) is 0 Å². The van der Waals surface area contributed by atoms with Gasteiger partial charge >= 0.3 is 0 Å². The summed E-state index contributed by atoms with van der Waals surface area (Å²) >= 11 is 0. The Morgan fingerprint density at radius 2 is 2.36 bits per heavy atom. The lowest BCUT2D eigenvalue weighted by atomic mass is 10.0. The van der Waals surface area contributed by atoms with Crippen molar-refractivity contribution in [1.29, 1.82) is 0 Å². The van der Waals surface area contributed by atoms with Crippen molar-refractivity contribution < 1.29 is 9.90 Å². The number of carbonyl (C=O) groups is 1. The van der Waals surface area contributed by atoms with Crippen LogP contribution in [0, 0.1) is 0 Å². The van der Waals surface area contributed by atoms with Gasteiger partial charge in [0.2, 0.25) is 5.91 Å². The zero-order valence-electron chi connectivity index (χ0n) is 8.99. The van der Waals surface area contributed by atoms with Gasteiger partial charge in [0.05, 0.1) is 12.1 Å². The molecular weight excluding hydrogens is 180 g/mol. The molecule has 4 heteroatoms. The van der Waals surface area contributed by atoms with E-state index in [9.17, 15) is 4.79 Å². The lowest BCUT2D eigenvalue weighted by molar-refractivity contribution is -0.133. The van der Waals surface area contributed by atoms with Gasteiger partial charge < -0.3 is 15.3 Å². The number of likely N-dealkylation sites (N-methyl/N-ethyl adjacent to an activating group) is 1. The van der Waals surface area contributed by atoms with Gasteiger partial charge in [-0.05, 0) is 26.3 Å². The van der Waals surface area contributed by atoms with Crippen molar-refractivity contribution in [2.75, 3.05) is 20.1 Å². The molecule has 82 valence electrons. The predicted molar refractivity (Wildman–Crippen MR) is 55.0 cm³/mol. The largest absolute Gasteiger partial charge is 0.392 e. The number of nitrogens with one attached hydrogen (secondary N) is 1. The van der Waals surface area contributed by atoms with E-state index >= 15 is 0 Å². The number of piperidine rings is 1. The van der Waals surface area contributed by atoms with Gasteiger partial charge in [-0.1, -0.05) is 6.42 Å². The van der Waals surface area contributed by atoms with E-state index in [-0.39, 0.29) is 11.9 Å². The molecule has 1 fully saturated rings. The third-order valence-corrected chi connectivity index (χ3v) is 2.52. The van der Waals surface area contributed by atoms with E-state index in [4.69, 9.17) is 5.11 Å². The second-order valence-corrected chi connectivity index (χ2v) is 4.07. The number of amides is 1. The predicted octanol–water partition coefficient (Wildman–Crippen LogP) is -0.0323. The number of aliphatic hydroxyl groups excluding tert-OH is 1. The summed E-state index contributed by atoms with van der Waals surface area (Å²) in [7, 11) is 1.74. The molecule has 0 aromatic heterocycles. The Kier molecular flexibility index (Phi) is 4.35. The summed E-state index contributed by atoms with van der Waals surface area (Å²) in [5.41, 5.74) is 0. The molecule has 1 rings (SSSR count). The monoisotopic (exact) mass is 200 g/mol. The average molecular weight is 200 g/mol. The number of hydrogen-bond acceptors (Lipinski definition) is 3. The quantitative estimate of drug-likeness (QED) is 0.672. The van der Waals surface area contributed by atoms with Crippen molar-refractivity contribution in [2.45, 2.75) is 38.3 Å². The van der Waals surface area contributed by atoms with Crippen LogP contribution in [0.15, 0.2) is 0 Å². The molecule has 0 bridgehead atoms. The zero-order chi connectivity index (χ0) is 10.6. The Bertz CT molecular complexity index is 189. The van der Waals surface area contributed by atoms with Gasteiger partial charge in [-0.25, -0.2) is 0 Å². The smallest absolute Gasteiger partial charge is 0.239 e. The van der Waals surface area contributed by atoms with Gasteiger partial charge in [0, 0.05) is 13.6 Å². The first-order valence-electron chi connectivity index (χ1n) is 5.27. The van der Waals surface area contributed by atoms with Gasteiger partial charge in [-0.2, -0.15) is 0 Å². The van der Waals surface area contributed by atoms with Crippen LogP contribution in [0.25, 0.3) is 0 Å². The van der Waals surface area contributed by atoms with Gasteiger partial charge in [-0.3, -0.25) is 4.79 Å². The highest BCUT2D eigenvalue weighted by Crippen LogP contribution is 2.09. The molecule has 0 spiro atoms. The SMILES string of the molecule is CC(O)CN(C)C(=O)[C@H]1CCCCN1. The number of carbonyl (C=O) groups excluding carboxylic acids is 1. The Labute approximate surface area is 85.3 Å².